The van der Waals surface area contributed by atoms with Crippen LogP contribution < -0.4 is 4.90 Å². The lowest BCUT2D eigenvalue weighted by atomic mass is 10.2. The van der Waals surface area contributed by atoms with Crippen LogP contribution in [0.5, 0.6) is 0 Å². The van der Waals surface area contributed by atoms with Gasteiger partial charge in [0.25, 0.3) is 0 Å². The molecule has 0 atom stereocenters. The van der Waals surface area contributed by atoms with E-state index in [1.807, 2.05) is 32.3 Å². The third-order valence-corrected chi connectivity index (χ3v) is 4.28. The predicted octanol–water partition coefficient (Wildman–Crippen LogP) is 4.68. The van der Waals surface area contributed by atoms with E-state index in [9.17, 15) is 0 Å². The largest absolute Gasteiger partial charge is 0.378 e. The molecule has 1 aromatic heterocycles. The van der Waals surface area contributed by atoms with Gasteiger partial charge < -0.3 is 4.90 Å². The molecular weight excluding hydrogens is 276 g/mol. The van der Waals surface area contributed by atoms with Crippen LogP contribution in [0.1, 0.15) is 0 Å². The molecule has 1 heterocycles. The van der Waals surface area contributed by atoms with Crippen molar-refractivity contribution < 1.29 is 0 Å². The number of nitrogens with zero attached hydrogens (tertiary/aromatic N) is 2. The Morgan fingerprint density at radius 3 is 2.47 bits per heavy atom. The van der Waals surface area contributed by atoms with Gasteiger partial charge in [-0.3, -0.25) is 0 Å². The lowest BCUT2D eigenvalue weighted by molar-refractivity contribution is 1.13. The Hall–Kier alpha value is -1.58. The molecule has 0 fully saturated rings. The topological polar surface area (TPSA) is 16.1 Å². The minimum Gasteiger partial charge on any atom is -0.378 e. The molecule has 0 unspecified atom stereocenters. The molecule has 0 aliphatic carbocycles. The van der Waals surface area contributed by atoms with Gasteiger partial charge in [-0.25, -0.2) is 4.98 Å². The van der Waals surface area contributed by atoms with Gasteiger partial charge in [0.05, 0.1) is 10.2 Å². The van der Waals surface area contributed by atoms with E-state index >= 15 is 0 Å². The molecule has 0 aliphatic heterocycles. The minimum atomic E-state index is 0.755. The summed E-state index contributed by atoms with van der Waals surface area (Å²) in [6.07, 6.45) is 0. The summed E-state index contributed by atoms with van der Waals surface area (Å²) in [5.74, 6) is 0. The Morgan fingerprint density at radius 2 is 1.79 bits per heavy atom. The normalized spacial score (nSPS) is 10.9. The smallest absolute Gasteiger partial charge is 0.124 e. The maximum atomic E-state index is 6.00. The summed E-state index contributed by atoms with van der Waals surface area (Å²) >= 11 is 7.67. The molecule has 0 saturated heterocycles. The molecule has 2 aromatic carbocycles. The van der Waals surface area contributed by atoms with Crippen LogP contribution in [0.15, 0.2) is 42.5 Å². The van der Waals surface area contributed by atoms with Crippen molar-refractivity contribution in [2.75, 3.05) is 19.0 Å². The first-order chi connectivity index (χ1) is 9.13. The Labute approximate surface area is 121 Å². The van der Waals surface area contributed by atoms with Crippen LogP contribution in [-0.2, 0) is 0 Å². The summed E-state index contributed by atoms with van der Waals surface area (Å²) < 4.78 is 1.12. The fourth-order valence-corrected chi connectivity index (χ4v) is 3.17. The quantitative estimate of drug-likeness (QED) is 0.680. The van der Waals surface area contributed by atoms with E-state index in [4.69, 9.17) is 11.6 Å². The van der Waals surface area contributed by atoms with E-state index < -0.39 is 0 Å². The van der Waals surface area contributed by atoms with Gasteiger partial charge in [0, 0.05) is 30.4 Å². The molecule has 0 aliphatic rings. The van der Waals surface area contributed by atoms with Gasteiger partial charge in [0.1, 0.15) is 5.01 Å². The van der Waals surface area contributed by atoms with Crippen molar-refractivity contribution in [3.05, 3.63) is 47.5 Å². The Bertz CT molecular complexity index is 717. The second kappa shape index (κ2) is 4.83. The molecule has 0 spiro atoms. The van der Waals surface area contributed by atoms with Crippen molar-refractivity contribution in [1.82, 2.24) is 4.98 Å². The van der Waals surface area contributed by atoms with Crippen molar-refractivity contribution in [2.24, 2.45) is 0 Å². The fraction of sp³-hybridized carbons (Fsp3) is 0.133. The molecular formula is C15H13ClN2S. The minimum absolute atomic E-state index is 0.755. The van der Waals surface area contributed by atoms with Crippen LogP contribution in [0.25, 0.3) is 20.8 Å². The third kappa shape index (κ3) is 2.44. The maximum absolute atomic E-state index is 6.00. The van der Waals surface area contributed by atoms with E-state index in [0.717, 1.165) is 25.8 Å². The molecule has 96 valence electrons. The van der Waals surface area contributed by atoms with Crippen molar-refractivity contribution in [3.8, 4) is 10.6 Å². The highest BCUT2D eigenvalue weighted by Crippen LogP contribution is 2.32. The van der Waals surface area contributed by atoms with Crippen LogP contribution in [0.4, 0.5) is 5.69 Å². The summed E-state index contributed by atoms with van der Waals surface area (Å²) in [6, 6.07) is 14.2. The van der Waals surface area contributed by atoms with Gasteiger partial charge in [-0.05, 0) is 42.5 Å². The molecule has 0 saturated carbocycles. The van der Waals surface area contributed by atoms with E-state index in [1.54, 1.807) is 11.3 Å². The number of aromatic nitrogens is 1. The first-order valence-corrected chi connectivity index (χ1v) is 7.17. The summed E-state index contributed by atoms with van der Waals surface area (Å²) in [7, 11) is 4.07. The zero-order valence-electron chi connectivity index (χ0n) is 10.7. The summed E-state index contributed by atoms with van der Waals surface area (Å²) in [4.78, 5) is 6.73. The molecule has 3 aromatic rings. The molecule has 19 heavy (non-hydrogen) atoms. The number of thiazole rings is 1. The Morgan fingerprint density at radius 1 is 1.05 bits per heavy atom. The zero-order chi connectivity index (χ0) is 13.4. The lowest BCUT2D eigenvalue weighted by Gasteiger charge is -2.11. The highest BCUT2D eigenvalue weighted by molar-refractivity contribution is 7.21. The van der Waals surface area contributed by atoms with E-state index in [2.05, 4.69) is 34.1 Å². The molecule has 0 bridgehead atoms. The summed E-state index contributed by atoms with van der Waals surface area (Å²) in [5.41, 5.74) is 3.33. The van der Waals surface area contributed by atoms with Gasteiger partial charge in [-0.1, -0.05) is 11.6 Å². The number of benzene rings is 2. The number of hydrogen-bond donors (Lipinski definition) is 0. The van der Waals surface area contributed by atoms with Crippen LogP contribution in [0, 0.1) is 0 Å². The van der Waals surface area contributed by atoms with E-state index in [-0.39, 0.29) is 0 Å². The third-order valence-electron chi connectivity index (χ3n) is 2.98. The molecule has 0 N–H and O–H groups in total. The van der Waals surface area contributed by atoms with Crippen molar-refractivity contribution >= 4 is 38.8 Å². The first-order valence-electron chi connectivity index (χ1n) is 5.97. The summed E-state index contributed by atoms with van der Waals surface area (Å²) in [6.45, 7) is 0. The number of rotatable bonds is 2. The Balaban J connectivity index is 2.03. The average Bonchev–Trinajstić information content (AvgIpc) is 2.81. The van der Waals surface area contributed by atoms with Crippen LogP contribution in [-0.4, -0.2) is 19.1 Å². The van der Waals surface area contributed by atoms with E-state index in [0.29, 0.717) is 0 Å². The highest BCUT2D eigenvalue weighted by Gasteiger charge is 2.07. The second-order valence-corrected chi connectivity index (χ2v) is 6.04. The molecule has 0 radical (unpaired) electrons. The lowest BCUT2D eigenvalue weighted by Crippen LogP contribution is -2.07. The van der Waals surface area contributed by atoms with Gasteiger partial charge >= 0.3 is 0 Å². The SMILES string of the molecule is CN(C)c1ccc(-c2nc3ccc(Cl)cc3s2)cc1. The van der Waals surface area contributed by atoms with Gasteiger partial charge in [0.15, 0.2) is 0 Å². The highest BCUT2D eigenvalue weighted by atomic mass is 35.5. The second-order valence-electron chi connectivity index (χ2n) is 4.57. The van der Waals surface area contributed by atoms with Gasteiger partial charge in [-0.2, -0.15) is 0 Å². The van der Waals surface area contributed by atoms with Crippen LogP contribution >= 0.6 is 22.9 Å². The van der Waals surface area contributed by atoms with Crippen molar-refractivity contribution in [3.63, 3.8) is 0 Å². The monoisotopic (exact) mass is 288 g/mol. The van der Waals surface area contributed by atoms with Gasteiger partial charge in [0.2, 0.25) is 0 Å². The molecule has 2 nitrogen and oxygen atoms in total. The standard InChI is InChI=1S/C15H13ClN2S/c1-18(2)12-6-3-10(4-7-12)15-17-13-8-5-11(16)9-14(13)19-15/h3-9H,1-2H3. The van der Waals surface area contributed by atoms with Crippen molar-refractivity contribution in [1.29, 1.82) is 0 Å². The zero-order valence-corrected chi connectivity index (χ0v) is 12.3. The van der Waals surface area contributed by atoms with Crippen molar-refractivity contribution in [2.45, 2.75) is 0 Å². The number of fused-ring (bicyclic) bond motifs is 1. The first kappa shape index (κ1) is 12.5. The Kier molecular flexibility index (Phi) is 3.17. The fourth-order valence-electron chi connectivity index (χ4n) is 1.92. The maximum Gasteiger partial charge on any atom is 0.124 e. The number of hydrogen-bond acceptors (Lipinski definition) is 3. The van der Waals surface area contributed by atoms with Crippen LogP contribution in [0.3, 0.4) is 0 Å². The number of anilines is 1. The number of halogens is 1. The summed E-state index contributed by atoms with van der Waals surface area (Å²) in [5, 5.41) is 1.79. The molecule has 3 rings (SSSR count). The van der Waals surface area contributed by atoms with Crippen LogP contribution in [0.2, 0.25) is 5.02 Å². The molecule has 0 amide bonds. The van der Waals surface area contributed by atoms with E-state index in [1.165, 1.54) is 5.69 Å². The average molecular weight is 289 g/mol. The molecule has 4 heteroatoms. The van der Waals surface area contributed by atoms with Gasteiger partial charge in [-0.15, -0.1) is 11.3 Å². The predicted molar refractivity (Wildman–Crippen MR) is 84.4 cm³/mol.